The Bertz CT molecular complexity index is 607. The van der Waals surface area contributed by atoms with Crippen molar-refractivity contribution in [3.05, 3.63) is 71.8 Å². The number of hydrogen-bond acceptors (Lipinski definition) is 2. The Balaban J connectivity index is 2.13. The molecule has 3 heteroatoms. The van der Waals surface area contributed by atoms with Gasteiger partial charge in [-0.3, -0.25) is 4.84 Å². The highest BCUT2D eigenvalue weighted by Gasteiger charge is 2.34. The lowest BCUT2D eigenvalue weighted by molar-refractivity contribution is -0.898. The van der Waals surface area contributed by atoms with Gasteiger partial charge in [-0.1, -0.05) is 67.6 Å². The van der Waals surface area contributed by atoms with E-state index in [-0.39, 0.29) is 6.04 Å². The molecule has 0 aromatic heterocycles. The SMILES string of the molecule is CCN(OCCc1ccccc1)C(c1ccccc1)C(C)[N+](C)(C)C. The third-order valence-electron chi connectivity index (χ3n) is 4.93. The molecule has 2 unspecified atom stereocenters. The van der Waals surface area contributed by atoms with Crippen molar-refractivity contribution in [1.82, 2.24) is 5.06 Å². The van der Waals surface area contributed by atoms with Gasteiger partial charge in [0.2, 0.25) is 0 Å². The fourth-order valence-electron chi connectivity index (χ4n) is 3.05. The largest absolute Gasteiger partial charge is 0.327 e. The van der Waals surface area contributed by atoms with Crippen molar-refractivity contribution in [3.8, 4) is 0 Å². The van der Waals surface area contributed by atoms with Gasteiger partial charge in [-0.2, -0.15) is 5.06 Å². The van der Waals surface area contributed by atoms with Crippen LogP contribution in [0.1, 0.15) is 31.0 Å². The van der Waals surface area contributed by atoms with Gasteiger partial charge in [0.25, 0.3) is 0 Å². The van der Waals surface area contributed by atoms with Crippen LogP contribution in [0.2, 0.25) is 0 Å². The van der Waals surface area contributed by atoms with Gasteiger partial charge in [0.1, 0.15) is 12.1 Å². The van der Waals surface area contributed by atoms with E-state index in [2.05, 4.69) is 101 Å². The van der Waals surface area contributed by atoms with Crippen molar-refractivity contribution in [1.29, 1.82) is 0 Å². The molecular formula is C22H33N2O+. The zero-order valence-corrected chi connectivity index (χ0v) is 16.4. The minimum atomic E-state index is 0.224. The molecule has 2 aromatic carbocycles. The monoisotopic (exact) mass is 341 g/mol. The molecule has 0 aliphatic rings. The van der Waals surface area contributed by atoms with Gasteiger partial charge in [0.05, 0.1) is 27.7 Å². The molecule has 136 valence electrons. The van der Waals surface area contributed by atoms with Gasteiger partial charge < -0.3 is 4.48 Å². The van der Waals surface area contributed by atoms with Crippen LogP contribution in [0.15, 0.2) is 60.7 Å². The van der Waals surface area contributed by atoms with Gasteiger partial charge >= 0.3 is 0 Å². The third-order valence-corrected chi connectivity index (χ3v) is 4.93. The number of benzene rings is 2. The van der Waals surface area contributed by atoms with Crippen LogP contribution in [-0.4, -0.2) is 49.9 Å². The Morgan fingerprint density at radius 1 is 0.920 bits per heavy atom. The molecule has 0 saturated carbocycles. The second-order valence-electron chi connectivity index (χ2n) is 7.51. The average Bonchev–Trinajstić information content (AvgIpc) is 2.61. The van der Waals surface area contributed by atoms with Crippen LogP contribution in [0.3, 0.4) is 0 Å². The summed E-state index contributed by atoms with van der Waals surface area (Å²) in [5, 5.41) is 2.16. The molecule has 0 heterocycles. The Hall–Kier alpha value is -1.68. The number of likely N-dealkylation sites (N-methyl/N-ethyl adjacent to an activating group) is 2. The van der Waals surface area contributed by atoms with Crippen LogP contribution in [0.25, 0.3) is 0 Å². The second-order valence-corrected chi connectivity index (χ2v) is 7.51. The van der Waals surface area contributed by atoms with Crippen molar-refractivity contribution in [2.75, 3.05) is 34.3 Å². The van der Waals surface area contributed by atoms with Crippen molar-refractivity contribution in [3.63, 3.8) is 0 Å². The first-order valence-electron chi connectivity index (χ1n) is 9.23. The van der Waals surface area contributed by atoms with Crippen LogP contribution in [0.5, 0.6) is 0 Å². The molecule has 2 aromatic rings. The number of hydroxylamine groups is 2. The van der Waals surface area contributed by atoms with E-state index in [1.807, 2.05) is 0 Å². The molecule has 25 heavy (non-hydrogen) atoms. The fraction of sp³-hybridized carbons (Fsp3) is 0.455. The summed E-state index contributed by atoms with van der Waals surface area (Å²) < 4.78 is 0.887. The van der Waals surface area contributed by atoms with E-state index >= 15 is 0 Å². The summed E-state index contributed by atoms with van der Waals surface area (Å²) in [6.45, 7) is 6.03. The summed E-state index contributed by atoms with van der Waals surface area (Å²) in [4.78, 5) is 6.25. The van der Waals surface area contributed by atoms with E-state index < -0.39 is 0 Å². The van der Waals surface area contributed by atoms with Gasteiger partial charge in [0, 0.05) is 6.54 Å². The maximum absolute atomic E-state index is 6.25. The number of nitrogens with zero attached hydrogens (tertiary/aromatic N) is 2. The lowest BCUT2D eigenvalue weighted by Gasteiger charge is -2.41. The quantitative estimate of drug-likeness (QED) is 0.497. The first-order valence-corrected chi connectivity index (χ1v) is 9.23. The molecule has 0 aliphatic heterocycles. The molecule has 0 N–H and O–H groups in total. The molecule has 2 atom stereocenters. The summed E-state index contributed by atoms with van der Waals surface area (Å²) in [6, 6.07) is 21.9. The predicted octanol–water partition coefficient (Wildman–Crippen LogP) is 4.32. The molecule has 0 spiro atoms. The molecule has 0 aliphatic carbocycles. The van der Waals surface area contributed by atoms with Gasteiger partial charge in [-0.25, -0.2) is 0 Å². The van der Waals surface area contributed by atoms with E-state index in [0.29, 0.717) is 12.6 Å². The minimum Gasteiger partial charge on any atom is -0.327 e. The van der Waals surface area contributed by atoms with E-state index in [9.17, 15) is 0 Å². The zero-order chi connectivity index (χ0) is 18.3. The highest BCUT2D eigenvalue weighted by Crippen LogP contribution is 2.29. The molecule has 2 rings (SSSR count). The smallest absolute Gasteiger partial charge is 0.112 e. The van der Waals surface area contributed by atoms with E-state index in [0.717, 1.165) is 17.4 Å². The summed E-state index contributed by atoms with van der Waals surface area (Å²) in [5.41, 5.74) is 2.62. The van der Waals surface area contributed by atoms with Gasteiger partial charge in [0.15, 0.2) is 0 Å². The molecular weight excluding hydrogens is 308 g/mol. The molecule has 0 bridgehead atoms. The lowest BCUT2D eigenvalue weighted by Crippen LogP contribution is -2.51. The van der Waals surface area contributed by atoms with Gasteiger partial charge in [-0.05, 0) is 24.5 Å². The third kappa shape index (κ3) is 5.67. The number of rotatable bonds is 9. The zero-order valence-electron chi connectivity index (χ0n) is 16.4. The van der Waals surface area contributed by atoms with Crippen molar-refractivity contribution < 1.29 is 9.32 Å². The first kappa shape index (κ1) is 19.6. The molecule has 0 saturated heterocycles. The first-order chi connectivity index (χ1) is 11.9. The number of hydrogen-bond donors (Lipinski definition) is 0. The Kier molecular flexibility index (Phi) is 7.18. The summed E-state index contributed by atoms with van der Waals surface area (Å²) in [5.74, 6) is 0. The van der Waals surface area contributed by atoms with Gasteiger partial charge in [-0.15, -0.1) is 0 Å². The molecule has 0 radical (unpaired) electrons. The summed E-state index contributed by atoms with van der Waals surface area (Å²) in [7, 11) is 6.75. The van der Waals surface area contributed by atoms with Crippen LogP contribution >= 0.6 is 0 Å². The maximum Gasteiger partial charge on any atom is 0.112 e. The summed E-state index contributed by atoms with van der Waals surface area (Å²) >= 11 is 0. The highest BCUT2D eigenvalue weighted by molar-refractivity contribution is 5.20. The Morgan fingerprint density at radius 2 is 1.48 bits per heavy atom. The lowest BCUT2D eigenvalue weighted by atomic mass is 9.98. The standard InChI is InChI=1S/C22H33N2O/c1-6-23(25-18-17-20-13-9-7-10-14-20)22(19(2)24(3,4)5)21-15-11-8-12-16-21/h7-16,19,22H,6,17-18H2,1-5H3/q+1. The predicted molar refractivity (Wildman–Crippen MR) is 105 cm³/mol. The van der Waals surface area contributed by atoms with Crippen molar-refractivity contribution in [2.24, 2.45) is 0 Å². The van der Waals surface area contributed by atoms with Crippen LogP contribution in [0, 0.1) is 0 Å². The maximum atomic E-state index is 6.25. The normalized spacial score (nSPS) is 14.5. The average molecular weight is 342 g/mol. The fourth-order valence-corrected chi connectivity index (χ4v) is 3.05. The van der Waals surface area contributed by atoms with E-state index in [4.69, 9.17) is 4.84 Å². The topological polar surface area (TPSA) is 12.5 Å². The molecule has 3 nitrogen and oxygen atoms in total. The van der Waals surface area contributed by atoms with E-state index in [1.54, 1.807) is 0 Å². The Labute approximate surface area is 153 Å². The number of quaternary nitrogens is 1. The summed E-state index contributed by atoms with van der Waals surface area (Å²) in [6.07, 6.45) is 0.928. The van der Waals surface area contributed by atoms with Crippen molar-refractivity contribution >= 4 is 0 Å². The van der Waals surface area contributed by atoms with Crippen LogP contribution in [0.4, 0.5) is 0 Å². The second kappa shape index (κ2) is 9.14. The van der Waals surface area contributed by atoms with Crippen LogP contribution < -0.4 is 0 Å². The van der Waals surface area contributed by atoms with Crippen molar-refractivity contribution in [2.45, 2.75) is 32.4 Å². The molecule has 0 amide bonds. The molecule has 0 fully saturated rings. The minimum absolute atomic E-state index is 0.224. The highest BCUT2D eigenvalue weighted by atomic mass is 16.7. The van der Waals surface area contributed by atoms with Crippen LogP contribution in [-0.2, 0) is 11.3 Å². The van der Waals surface area contributed by atoms with E-state index in [1.165, 1.54) is 11.1 Å². The Morgan fingerprint density at radius 3 is 2.00 bits per heavy atom.